The SMILES string of the molecule is Cc1nc(-c2ccc(F)cc2)sc1C(=O)OC(C)C(=O)Nc1sccc1C#N. The number of halogens is 1. The van der Waals surface area contributed by atoms with Gasteiger partial charge in [-0.3, -0.25) is 4.79 Å². The third-order valence-corrected chi connectivity index (χ3v) is 5.76. The Kier molecular flexibility index (Phi) is 5.82. The van der Waals surface area contributed by atoms with Gasteiger partial charge < -0.3 is 10.1 Å². The van der Waals surface area contributed by atoms with Gasteiger partial charge >= 0.3 is 5.97 Å². The van der Waals surface area contributed by atoms with E-state index < -0.39 is 18.0 Å². The molecule has 0 bridgehead atoms. The lowest BCUT2D eigenvalue weighted by Crippen LogP contribution is -2.29. The topological polar surface area (TPSA) is 92.1 Å². The van der Waals surface area contributed by atoms with Crippen LogP contribution in [0.2, 0.25) is 0 Å². The summed E-state index contributed by atoms with van der Waals surface area (Å²) in [6.45, 7) is 3.11. The number of carbonyl (C=O) groups is 2. The number of nitriles is 1. The molecule has 2 aromatic heterocycles. The Hall–Kier alpha value is -3.09. The second-order valence-corrected chi connectivity index (χ2v) is 7.67. The van der Waals surface area contributed by atoms with Gasteiger partial charge in [-0.1, -0.05) is 0 Å². The fourth-order valence-corrected chi connectivity index (χ4v) is 3.97. The lowest BCUT2D eigenvalue weighted by molar-refractivity contribution is -0.123. The van der Waals surface area contributed by atoms with Gasteiger partial charge in [0.1, 0.15) is 26.8 Å². The third kappa shape index (κ3) is 4.24. The molecule has 3 aromatic rings. The van der Waals surface area contributed by atoms with Crippen molar-refractivity contribution in [1.82, 2.24) is 4.98 Å². The Balaban J connectivity index is 1.69. The third-order valence-electron chi connectivity index (χ3n) is 3.75. The molecule has 0 aliphatic rings. The molecule has 1 aromatic carbocycles. The van der Waals surface area contributed by atoms with Gasteiger partial charge in [-0.15, -0.1) is 22.7 Å². The van der Waals surface area contributed by atoms with Gasteiger partial charge in [0.05, 0.1) is 11.3 Å². The zero-order chi connectivity index (χ0) is 20.3. The second-order valence-electron chi connectivity index (χ2n) is 5.75. The Morgan fingerprint density at radius 1 is 1.29 bits per heavy atom. The lowest BCUT2D eigenvalue weighted by Gasteiger charge is -2.12. The summed E-state index contributed by atoms with van der Waals surface area (Å²) in [5.41, 5.74) is 1.49. The Morgan fingerprint density at radius 3 is 2.68 bits per heavy atom. The molecule has 6 nitrogen and oxygen atoms in total. The van der Waals surface area contributed by atoms with Gasteiger partial charge in [-0.2, -0.15) is 5.26 Å². The van der Waals surface area contributed by atoms with E-state index in [2.05, 4.69) is 10.3 Å². The fourth-order valence-electron chi connectivity index (χ4n) is 2.28. The van der Waals surface area contributed by atoms with Gasteiger partial charge in [0.2, 0.25) is 0 Å². The molecule has 1 N–H and O–H groups in total. The van der Waals surface area contributed by atoms with Crippen LogP contribution < -0.4 is 5.32 Å². The molecule has 0 fully saturated rings. The van der Waals surface area contributed by atoms with Crippen LogP contribution in [0.4, 0.5) is 9.39 Å². The van der Waals surface area contributed by atoms with Crippen LogP contribution >= 0.6 is 22.7 Å². The van der Waals surface area contributed by atoms with E-state index >= 15 is 0 Å². The maximum absolute atomic E-state index is 13.1. The van der Waals surface area contributed by atoms with Gasteiger partial charge in [-0.25, -0.2) is 14.2 Å². The lowest BCUT2D eigenvalue weighted by atomic mass is 10.2. The number of esters is 1. The number of aromatic nitrogens is 1. The van der Waals surface area contributed by atoms with Gasteiger partial charge in [-0.05, 0) is 49.6 Å². The summed E-state index contributed by atoms with van der Waals surface area (Å²) in [6.07, 6.45) is -1.06. The highest BCUT2D eigenvalue weighted by Gasteiger charge is 2.24. The molecule has 28 heavy (non-hydrogen) atoms. The number of aryl methyl sites for hydroxylation is 1. The van der Waals surface area contributed by atoms with Crippen molar-refractivity contribution in [3.8, 4) is 16.6 Å². The molecule has 0 saturated heterocycles. The molecular formula is C19H14FN3O3S2. The standard InChI is InChI=1S/C19H14FN3O3S2/c1-10-15(28-18(22-10)12-3-5-14(20)6-4-12)19(25)26-11(2)16(24)23-17-13(9-21)7-8-27-17/h3-8,11H,1-2H3,(H,23,24). The number of nitrogens with zero attached hydrogens (tertiary/aromatic N) is 2. The summed E-state index contributed by atoms with van der Waals surface area (Å²) in [6, 6.07) is 9.35. The van der Waals surface area contributed by atoms with Crippen LogP contribution in [0.3, 0.4) is 0 Å². The normalized spacial score (nSPS) is 11.5. The van der Waals surface area contributed by atoms with Crippen LogP contribution in [0.15, 0.2) is 35.7 Å². The van der Waals surface area contributed by atoms with Crippen LogP contribution in [-0.4, -0.2) is 23.0 Å². The summed E-state index contributed by atoms with van der Waals surface area (Å²) >= 11 is 2.32. The summed E-state index contributed by atoms with van der Waals surface area (Å²) in [7, 11) is 0. The Morgan fingerprint density at radius 2 is 2.00 bits per heavy atom. The summed E-state index contributed by atoms with van der Waals surface area (Å²) in [5.74, 6) is -1.56. The average molecular weight is 415 g/mol. The number of ether oxygens (including phenoxy) is 1. The first-order chi connectivity index (χ1) is 13.4. The van der Waals surface area contributed by atoms with Crippen LogP contribution in [0.1, 0.15) is 27.9 Å². The van der Waals surface area contributed by atoms with E-state index in [4.69, 9.17) is 10.00 Å². The van der Waals surface area contributed by atoms with Crippen molar-refractivity contribution in [3.05, 3.63) is 57.7 Å². The molecule has 9 heteroatoms. The summed E-state index contributed by atoms with van der Waals surface area (Å²) < 4.78 is 18.3. The van der Waals surface area contributed by atoms with E-state index in [1.54, 1.807) is 30.5 Å². The molecular weight excluding hydrogens is 401 g/mol. The number of thiophene rings is 1. The van der Waals surface area contributed by atoms with Crippen LogP contribution in [0, 0.1) is 24.1 Å². The minimum atomic E-state index is -1.06. The van der Waals surface area contributed by atoms with E-state index in [0.29, 0.717) is 26.8 Å². The Bertz CT molecular complexity index is 1070. The summed E-state index contributed by atoms with van der Waals surface area (Å²) in [5, 5.41) is 14.2. The van der Waals surface area contributed by atoms with Crippen LogP contribution in [0.25, 0.3) is 10.6 Å². The predicted octanol–water partition coefficient (Wildman–Crippen LogP) is 4.37. The first kappa shape index (κ1) is 19.7. The summed E-state index contributed by atoms with van der Waals surface area (Å²) in [4.78, 5) is 29.3. The highest BCUT2D eigenvalue weighted by Crippen LogP contribution is 2.29. The van der Waals surface area contributed by atoms with E-state index in [9.17, 15) is 14.0 Å². The minimum Gasteiger partial charge on any atom is -0.448 e. The van der Waals surface area contributed by atoms with Crippen molar-refractivity contribution in [2.45, 2.75) is 20.0 Å². The maximum atomic E-state index is 13.1. The molecule has 3 rings (SSSR count). The molecule has 1 amide bonds. The van der Waals surface area contributed by atoms with Crippen molar-refractivity contribution in [3.63, 3.8) is 0 Å². The van der Waals surface area contributed by atoms with E-state index in [1.807, 2.05) is 6.07 Å². The van der Waals surface area contributed by atoms with E-state index in [0.717, 1.165) is 11.3 Å². The quantitative estimate of drug-likeness (QED) is 0.625. The van der Waals surface area contributed by atoms with Crippen molar-refractivity contribution in [2.24, 2.45) is 0 Å². The molecule has 0 radical (unpaired) electrons. The van der Waals surface area contributed by atoms with Crippen molar-refractivity contribution >= 4 is 39.6 Å². The monoisotopic (exact) mass is 415 g/mol. The predicted molar refractivity (Wildman–Crippen MR) is 105 cm³/mol. The van der Waals surface area contributed by atoms with Crippen LogP contribution in [0.5, 0.6) is 0 Å². The number of carbonyl (C=O) groups excluding carboxylic acids is 2. The smallest absolute Gasteiger partial charge is 0.351 e. The highest BCUT2D eigenvalue weighted by molar-refractivity contribution is 7.17. The van der Waals surface area contributed by atoms with Crippen molar-refractivity contribution < 1.29 is 18.7 Å². The molecule has 1 atom stereocenters. The molecule has 0 aliphatic heterocycles. The molecule has 0 saturated carbocycles. The van der Waals surface area contributed by atoms with E-state index in [-0.39, 0.29) is 10.7 Å². The molecule has 2 heterocycles. The van der Waals surface area contributed by atoms with Gasteiger partial charge in [0, 0.05) is 5.56 Å². The van der Waals surface area contributed by atoms with Gasteiger partial charge in [0.25, 0.3) is 5.91 Å². The molecule has 1 unspecified atom stereocenters. The zero-order valence-electron chi connectivity index (χ0n) is 14.9. The highest BCUT2D eigenvalue weighted by atomic mass is 32.1. The van der Waals surface area contributed by atoms with Gasteiger partial charge in [0.15, 0.2) is 6.10 Å². The number of hydrogen-bond acceptors (Lipinski definition) is 7. The number of anilines is 1. The number of hydrogen-bond donors (Lipinski definition) is 1. The van der Waals surface area contributed by atoms with Crippen LogP contribution in [-0.2, 0) is 9.53 Å². The number of nitrogens with one attached hydrogen (secondary N) is 1. The first-order valence-corrected chi connectivity index (χ1v) is 9.81. The number of thiazole rings is 1. The molecule has 142 valence electrons. The van der Waals surface area contributed by atoms with Crippen molar-refractivity contribution in [1.29, 1.82) is 5.26 Å². The van der Waals surface area contributed by atoms with Crippen molar-refractivity contribution in [2.75, 3.05) is 5.32 Å². The average Bonchev–Trinajstić information content (AvgIpc) is 3.28. The Labute approximate surface area is 168 Å². The molecule has 0 aliphatic carbocycles. The first-order valence-electron chi connectivity index (χ1n) is 8.12. The number of amides is 1. The number of benzene rings is 1. The maximum Gasteiger partial charge on any atom is 0.351 e. The fraction of sp³-hybridized carbons (Fsp3) is 0.158. The number of rotatable bonds is 5. The largest absolute Gasteiger partial charge is 0.448 e. The second kappa shape index (κ2) is 8.29. The zero-order valence-corrected chi connectivity index (χ0v) is 16.5. The molecule has 0 spiro atoms. The van der Waals surface area contributed by atoms with E-state index in [1.165, 1.54) is 30.4 Å². The minimum absolute atomic E-state index is 0.271.